The van der Waals surface area contributed by atoms with E-state index in [1.807, 2.05) is 38.1 Å². The van der Waals surface area contributed by atoms with Gasteiger partial charge in [-0.3, -0.25) is 0 Å². The number of rotatable bonds is 4. The van der Waals surface area contributed by atoms with Gasteiger partial charge in [0.25, 0.3) is 5.89 Å². The van der Waals surface area contributed by atoms with E-state index >= 15 is 0 Å². The molecule has 0 aliphatic heterocycles. The standard InChI is InChI=1S/C17H14BrClN2O2/c1-17(2,23-14-8-6-13(19)7-9-14)16-21-20-15(22-16)11-4-3-5-12(18)10-11/h3-10H,1-2H3. The lowest BCUT2D eigenvalue weighted by atomic mass is 10.1. The van der Waals surface area contributed by atoms with Crippen molar-refractivity contribution in [1.82, 2.24) is 10.2 Å². The Morgan fingerprint density at radius 3 is 2.52 bits per heavy atom. The molecule has 4 nitrogen and oxygen atoms in total. The van der Waals surface area contributed by atoms with E-state index in [-0.39, 0.29) is 0 Å². The molecule has 0 saturated heterocycles. The SMILES string of the molecule is CC(C)(Oc1ccc(Cl)cc1)c1nnc(-c2cccc(Br)c2)o1. The average molecular weight is 394 g/mol. The molecule has 1 heterocycles. The van der Waals surface area contributed by atoms with E-state index in [2.05, 4.69) is 26.1 Å². The maximum atomic E-state index is 5.95. The number of ether oxygens (including phenoxy) is 1. The summed E-state index contributed by atoms with van der Waals surface area (Å²) in [5.41, 5.74) is 0.0888. The summed E-state index contributed by atoms with van der Waals surface area (Å²) in [5.74, 6) is 1.54. The highest BCUT2D eigenvalue weighted by molar-refractivity contribution is 9.10. The number of nitrogens with zero attached hydrogens (tertiary/aromatic N) is 2. The van der Waals surface area contributed by atoms with Gasteiger partial charge in [0.05, 0.1) is 0 Å². The van der Waals surface area contributed by atoms with Crippen LogP contribution in [0.15, 0.2) is 57.4 Å². The van der Waals surface area contributed by atoms with Crippen LogP contribution in [0.5, 0.6) is 5.75 Å². The monoisotopic (exact) mass is 392 g/mol. The van der Waals surface area contributed by atoms with Crippen LogP contribution in [-0.2, 0) is 5.60 Å². The highest BCUT2D eigenvalue weighted by Crippen LogP contribution is 2.30. The Kier molecular flexibility index (Phi) is 4.41. The van der Waals surface area contributed by atoms with E-state index in [9.17, 15) is 0 Å². The van der Waals surface area contributed by atoms with E-state index in [4.69, 9.17) is 20.8 Å². The van der Waals surface area contributed by atoms with Gasteiger partial charge in [-0.05, 0) is 56.3 Å². The van der Waals surface area contributed by atoms with Gasteiger partial charge in [-0.1, -0.05) is 33.6 Å². The smallest absolute Gasteiger partial charge is 0.259 e. The summed E-state index contributed by atoms with van der Waals surface area (Å²) in [6.07, 6.45) is 0. The maximum absolute atomic E-state index is 5.95. The fraction of sp³-hybridized carbons (Fsp3) is 0.176. The lowest BCUT2D eigenvalue weighted by Crippen LogP contribution is -2.25. The molecule has 2 aromatic carbocycles. The van der Waals surface area contributed by atoms with Crippen molar-refractivity contribution in [2.24, 2.45) is 0 Å². The van der Waals surface area contributed by atoms with Crippen LogP contribution in [0.25, 0.3) is 11.5 Å². The molecule has 23 heavy (non-hydrogen) atoms. The third-order valence-electron chi connectivity index (χ3n) is 3.20. The zero-order chi connectivity index (χ0) is 16.4. The second-order valence-electron chi connectivity index (χ2n) is 5.49. The molecule has 1 aromatic heterocycles. The largest absolute Gasteiger partial charge is 0.478 e. The van der Waals surface area contributed by atoms with Gasteiger partial charge in [0.1, 0.15) is 5.75 Å². The van der Waals surface area contributed by atoms with E-state index in [0.717, 1.165) is 10.0 Å². The highest BCUT2D eigenvalue weighted by Gasteiger charge is 2.30. The van der Waals surface area contributed by atoms with Gasteiger partial charge < -0.3 is 9.15 Å². The third-order valence-corrected chi connectivity index (χ3v) is 3.94. The van der Waals surface area contributed by atoms with Crippen molar-refractivity contribution in [2.75, 3.05) is 0 Å². The van der Waals surface area contributed by atoms with Crippen molar-refractivity contribution in [3.63, 3.8) is 0 Å². The Labute approximate surface area is 147 Å². The Balaban J connectivity index is 1.84. The van der Waals surface area contributed by atoms with E-state index in [0.29, 0.717) is 22.6 Å². The molecule has 0 N–H and O–H groups in total. The molecular weight excluding hydrogens is 380 g/mol. The Hall–Kier alpha value is -1.85. The van der Waals surface area contributed by atoms with Crippen LogP contribution in [0, 0.1) is 0 Å². The molecule has 0 aliphatic rings. The summed E-state index contributed by atoms with van der Waals surface area (Å²) in [6, 6.07) is 14.8. The highest BCUT2D eigenvalue weighted by atomic mass is 79.9. The predicted octanol–water partition coefficient (Wildman–Crippen LogP) is 5.47. The summed E-state index contributed by atoms with van der Waals surface area (Å²) in [7, 11) is 0. The molecule has 0 fully saturated rings. The fourth-order valence-corrected chi connectivity index (χ4v) is 2.57. The van der Waals surface area contributed by atoms with E-state index < -0.39 is 5.60 Å². The van der Waals surface area contributed by atoms with Gasteiger partial charge in [-0.15, -0.1) is 10.2 Å². The summed E-state index contributed by atoms with van der Waals surface area (Å²) in [5, 5.41) is 8.89. The Morgan fingerprint density at radius 2 is 1.83 bits per heavy atom. The van der Waals surface area contributed by atoms with Crippen LogP contribution < -0.4 is 4.74 Å². The van der Waals surface area contributed by atoms with Gasteiger partial charge >= 0.3 is 0 Å². The van der Waals surface area contributed by atoms with Crippen molar-refractivity contribution in [3.8, 4) is 17.2 Å². The number of hydrogen-bond donors (Lipinski definition) is 0. The molecule has 0 bridgehead atoms. The first-order valence-corrected chi connectivity index (χ1v) is 8.16. The summed E-state index contributed by atoms with van der Waals surface area (Å²) < 4.78 is 12.7. The summed E-state index contributed by atoms with van der Waals surface area (Å²) in [6.45, 7) is 3.75. The van der Waals surface area contributed by atoms with Crippen LogP contribution in [0.3, 0.4) is 0 Å². The first-order chi connectivity index (χ1) is 10.9. The normalized spacial score (nSPS) is 11.5. The second-order valence-corrected chi connectivity index (χ2v) is 6.84. The van der Waals surface area contributed by atoms with Crippen LogP contribution in [0.2, 0.25) is 5.02 Å². The molecule has 3 rings (SSSR count). The maximum Gasteiger partial charge on any atom is 0.259 e. The van der Waals surface area contributed by atoms with Crippen molar-refractivity contribution in [2.45, 2.75) is 19.4 Å². The van der Waals surface area contributed by atoms with Gasteiger partial charge in [0, 0.05) is 15.1 Å². The summed E-state index contributed by atoms with van der Waals surface area (Å²) in [4.78, 5) is 0. The molecule has 0 saturated carbocycles. The number of hydrogen-bond acceptors (Lipinski definition) is 4. The van der Waals surface area contributed by atoms with Crippen LogP contribution in [0.4, 0.5) is 0 Å². The van der Waals surface area contributed by atoms with Gasteiger partial charge in [-0.25, -0.2) is 0 Å². The zero-order valence-electron chi connectivity index (χ0n) is 12.6. The molecule has 0 aliphatic carbocycles. The van der Waals surface area contributed by atoms with Crippen LogP contribution >= 0.6 is 27.5 Å². The minimum Gasteiger partial charge on any atom is -0.478 e. The summed E-state index contributed by atoms with van der Waals surface area (Å²) >= 11 is 9.31. The van der Waals surface area contributed by atoms with E-state index in [1.54, 1.807) is 24.3 Å². The molecule has 3 aromatic rings. The first-order valence-electron chi connectivity index (χ1n) is 6.98. The molecule has 0 unspecified atom stereocenters. The Bertz CT molecular complexity index is 815. The zero-order valence-corrected chi connectivity index (χ0v) is 14.9. The first kappa shape index (κ1) is 16.0. The molecule has 0 radical (unpaired) electrons. The molecule has 6 heteroatoms. The molecule has 0 spiro atoms. The molecule has 118 valence electrons. The van der Waals surface area contributed by atoms with Crippen LogP contribution in [-0.4, -0.2) is 10.2 Å². The number of halogens is 2. The van der Waals surface area contributed by atoms with Crippen molar-refractivity contribution in [1.29, 1.82) is 0 Å². The van der Waals surface area contributed by atoms with Crippen LogP contribution in [0.1, 0.15) is 19.7 Å². The third kappa shape index (κ3) is 3.74. The molecule has 0 atom stereocenters. The topological polar surface area (TPSA) is 48.2 Å². The predicted molar refractivity (Wildman–Crippen MR) is 92.5 cm³/mol. The molecular formula is C17H14BrClN2O2. The minimum absolute atomic E-state index is 0.405. The van der Waals surface area contributed by atoms with E-state index in [1.165, 1.54) is 0 Å². The van der Waals surface area contributed by atoms with Crippen molar-refractivity contribution in [3.05, 3.63) is 63.9 Å². The lowest BCUT2D eigenvalue weighted by molar-refractivity contribution is 0.0770. The van der Waals surface area contributed by atoms with Crippen molar-refractivity contribution < 1.29 is 9.15 Å². The minimum atomic E-state index is -0.759. The Morgan fingerprint density at radius 1 is 1.09 bits per heavy atom. The number of benzene rings is 2. The second kappa shape index (κ2) is 6.34. The quantitative estimate of drug-likeness (QED) is 0.590. The van der Waals surface area contributed by atoms with Crippen molar-refractivity contribution >= 4 is 27.5 Å². The molecule has 0 amide bonds. The number of aromatic nitrogens is 2. The lowest BCUT2D eigenvalue weighted by Gasteiger charge is -2.22. The average Bonchev–Trinajstić information content (AvgIpc) is 3.00. The van der Waals surface area contributed by atoms with Gasteiger partial charge in [-0.2, -0.15) is 0 Å². The van der Waals surface area contributed by atoms with Gasteiger partial charge in [0.15, 0.2) is 5.60 Å². The fourth-order valence-electron chi connectivity index (χ4n) is 2.05. The van der Waals surface area contributed by atoms with Gasteiger partial charge in [0.2, 0.25) is 5.89 Å².